The third-order valence-electron chi connectivity index (χ3n) is 2.15. The van der Waals surface area contributed by atoms with E-state index < -0.39 is 0 Å². The largest absolute Gasteiger partial charge is 0.465 e. The first-order valence-electron chi connectivity index (χ1n) is 4.94. The van der Waals surface area contributed by atoms with Crippen LogP contribution in [0.5, 0.6) is 0 Å². The average Bonchev–Trinajstić information content (AvgIpc) is 2.25. The Morgan fingerprint density at radius 1 is 1.33 bits per heavy atom. The lowest BCUT2D eigenvalue weighted by Gasteiger charge is -2.05. The van der Waals surface area contributed by atoms with Crippen LogP contribution in [0.2, 0.25) is 0 Å². The second-order valence-corrected chi connectivity index (χ2v) is 3.63. The number of hydrogen-bond donors (Lipinski definition) is 0. The van der Waals surface area contributed by atoms with Crippen LogP contribution in [0.15, 0.2) is 35.9 Å². The van der Waals surface area contributed by atoms with Crippen molar-refractivity contribution in [2.45, 2.75) is 20.3 Å². The van der Waals surface area contributed by atoms with Gasteiger partial charge >= 0.3 is 5.97 Å². The lowest BCUT2D eigenvalue weighted by Crippen LogP contribution is -2.04. The van der Waals surface area contributed by atoms with Gasteiger partial charge in [0.05, 0.1) is 12.7 Å². The molecule has 2 nitrogen and oxygen atoms in total. The predicted octanol–water partition coefficient (Wildman–Crippen LogP) is 2.98. The summed E-state index contributed by atoms with van der Waals surface area (Å²) in [5.41, 5.74) is 2.90. The number of ether oxygens (including phenoxy) is 1. The molecule has 0 saturated carbocycles. The van der Waals surface area contributed by atoms with Crippen molar-refractivity contribution >= 4 is 5.97 Å². The molecule has 0 aromatic heterocycles. The Morgan fingerprint density at radius 3 is 2.60 bits per heavy atom. The van der Waals surface area contributed by atoms with Gasteiger partial charge in [0.15, 0.2) is 0 Å². The number of carbonyl (C=O) groups is 1. The standard InChI is InChI=1S/C13H16O2/c1-10(2)8-9-11-6-4-5-7-12(11)13(14)15-3/h4-8H,9H2,1-3H3. The van der Waals surface area contributed by atoms with Gasteiger partial charge in [0.25, 0.3) is 0 Å². The summed E-state index contributed by atoms with van der Waals surface area (Å²) in [6.07, 6.45) is 2.87. The van der Waals surface area contributed by atoms with Gasteiger partial charge in [-0.1, -0.05) is 29.8 Å². The summed E-state index contributed by atoms with van der Waals surface area (Å²) in [7, 11) is 1.40. The first-order chi connectivity index (χ1) is 7.15. The van der Waals surface area contributed by atoms with Crippen molar-refractivity contribution in [1.29, 1.82) is 0 Å². The lowest BCUT2D eigenvalue weighted by atomic mass is 10.0. The van der Waals surface area contributed by atoms with Crippen LogP contribution >= 0.6 is 0 Å². The second kappa shape index (κ2) is 5.35. The molecule has 0 atom stereocenters. The minimum atomic E-state index is -0.271. The van der Waals surface area contributed by atoms with Gasteiger partial charge < -0.3 is 4.74 Å². The highest BCUT2D eigenvalue weighted by Gasteiger charge is 2.09. The van der Waals surface area contributed by atoms with E-state index in [1.165, 1.54) is 12.7 Å². The molecular weight excluding hydrogens is 188 g/mol. The maximum atomic E-state index is 11.4. The van der Waals surface area contributed by atoms with Gasteiger partial charge in [-0.05, 0) is 31.9 Å². The van der Waals surface area contributed by atoms with Gasteiger partial charge in [-0.15, -0.1) is 0 Å². The Morgan fingerprint density at radius 2 is 2.00 bits per heavy atom. The van der Waals surface area contributed by atoms with Gasteiger partial charge in [0.2, 0.25) is 0 Å². The van der Waals surface area contributed by atoms with Gasteiger partial charge in [-0.25, -0.2) is 4.79 Å². The fraction of sp³-hybridized carbons (Fsp3) is 0.308. The topological polar surface area (TPSA) is 26.3 Å². The Bertz CT molecular complexity index is 374. The molecule has 0 N–H and O–H groups in total. The fourth-order valence-corrected chi connectivity index (χ4v) is 1.32. The average molecular weight is 204 g/mol. The van der Waals surface area contributed by atoms with E-state index >= 15 is 0 Å². The van der Waals surface area contributed by atoms with Crippen molar-refractivity contribution in [3.63, 3.8) is 0 Å². The molecule has 0 radical (unpaired) electrons. The third-order valence-corrected chi connectivity index (χ3v) is 2.15. The zero-order valence-corrected chi connectivity index (χ0v) is 9.41. The van der Waals surface area contributed by atoms with Crippen molar-refractivity contribution in [3.05, 3.63) is 47.0 Å². The van der Waals surface area contributed by atoms with E-state index in [2.05, 4.69) is 6.08 Å². The maximum absolute atomic E-state index is 11.4. The van der Waals surface area contributed by atoms with E-state index in [1.807, 2.05) is 32.0 Å². The Hall–Kier alpha value is -1.57. The Balaban J connectivity index is 2.96. The zero-order valence-electron chi connectivity index (χ0n) is 9.41. The van der Waals surface area contributed by atoms with Gasteiger partial charge in [-0.2, -0.15) is 0 Å². The molecule has 0 aliphatic carbocycles. The van der Waals surface area contributed by atoms with E-state index in [-0.39, 0.29) is 5.97 Å². The summed E-state index contributed by atoms with van der Waals surface area (Å²) >= 11 is 0. The first kappa shape index (κ1) is 11.5. The number of rotatable bonds is 3. The molecule has 1 aromatic carbocycles. The van der Waals surface area contributed by atoms with Crippen LogP contribution < -0.4 is 0 Å². The van der Waals surface area contributed by atoms with Crippen LogP contribution in [0.1, 0.15) is 29.8 Å². The molecule has 1 rings (SSSR count). The van der Waals surface area contributed by atoms with E-state index in [1.54, 1.807) is 6.07 Å². The second-order valence-electron chi connectivity index (χ2n) is 3.63. The van der Waals surface area contributed by atoms with Crippen LogP contribution in [-0.2, 0) is 11.2 Å². The minimum Gasteiger partial charge on any atom is -0.465 e. The molecule has 80 valence electrons. The summed E-state index contributed by atoms with van der Waals surface area (Å²) in [6.45, 7) is 4.08. The van der Waals surface area contributed by atoms with Crippen LogP contribution in [0.4, 0.5) is 0 Å². The highest BCUT2D eigenvalue weighted by Crippen LogP contribution is 2.12. The molecule has 0 amide bonds. The number of carbonyl (C=O) groups excluding carboxylic acids is 1. The summed E-state index contributed by atoms with van der Waals surface area (Å²) in [5, 5.41) is 0. The monoisotopic (exact) mass is 204 g/mol. The minimum absolute atomic E-state index is 0.271. The molecule has 0 unspecified atom stereocenters. The molecule has 0 spiro atoms. The zero-order chi connectivity index (χ0) is 11.3. The molecular formula is C13H16O2. The highest BCUT2D eigenvalue weighted by atomic mass is 16.5. The first-order valence-corrected chi connectivity index (χ1v) is 4.94. The molecule has 0 heterocycles. The quantitative estimate of drug-likeness (QED) is 0.559. The van der Waals surface area contributed by atoms with Crippen molar-refractivity contribution < 1.29 is 9.53 Å². The highest BCUT2D eigenvalue weighted by molar-refractivity contribution is 5.91. The number of esters is 1. The van der Waals surface area contributed by atoms with Gasteiger partial charge in [-0.3, -0.25) is 0 Å². The number of methoxy groups -OCH3 is 1. The predicted molar refractivity (Wildman–Crippen MR) is 60.9 cm³/mol. The molecule has 0 saturated heterocycles. The third kappa shape index (κ3) is 3.24. The molecule has 1 aromatic rings. The van der Waals surface area contributed by atoms with E-state index in [0.29, 0.717) is 5.56 Å². The summed E-state index contributed by atoms with van der Waals surface area (Å²) in [4.78, 5) is 11.4. The summed E-state index contributed by atoms with van der Waals surface area (Å²) in [5.74, 6) is -0.271. The number of hydrogen-bond acceptors (Lipinski definition) is 2. The van der Waals surface area contributed by atoms with Gasteiger partial charge in [0.1, 0.15) is 0 Å². The lowest BCUT2D eigenvalue weighted by molar-refractivity contribution is 0.0599. The molecule has 2 heteroatoms. The Labute approximate surface area is 90.6 Å². The molecule has 0 aliphatic heterocycles. The normalized spacial score (nSPS) is 9.53. The summed E-state index contributed by atoms with van der Waals surface area (Å²) < 4.78 is 4.72. The fourth-order valence-electron chi connectivity index (χ4n) is 1.32. The van der Waals surface area contributed by atoms with E-state index in [4.69, 9.17) is 4.74 Å². The maximum Gasteiger partial charge on any atom is 0.338 e. The van der Waals surface area contributed by atoms with Crippen molar-refractivity contribution in [3.8, 4) is 0 Å². The number of benzene rings is 1. The van der Waals surface area contributed by atoms with Crippen molar-refractivity contribution in [2.75, 3.05) is 7.11 Å². The molecule has 15 heavy (non-hydrogen) atoms. The van der Waals surface area contributed by atoms with E-state index in [0.717, 1.165) is 12.0 Å². The number of allylic oxidation sites excluding steroid dienone is 2. The smallest absolute Gasteiger partial charge is 0.338 e. The van der Waals surface area contributed by atoms with Crippen LogP contribution in [0.25, 0.3) is 0 Å². The van der Waals surface area contributed by atoms with Crippen molar-refractivity contribution in [2.24, 2.45) is 0 Å². The van der Waals surface area contributed by atoms with Crippen LogP contribution in [0, 0.1) is 0 Å². The molecule has 0 bridgehead atoms. The van der Waals surface area contributed by atoms with Crippen molar-refractivity contribution in [1.82, 2.24) is 0 Å². The van der Waals surface area contributed by atoms with Crippen LogP contribution in [0.3, 0.4) is 0 Å². The Kier molecular flexibility index (Phi) is 4.10. The summed E-state index contributed by atoms with van der Waals surface area (Å²) in [6, 6.07) is 7.52. The SMILES string of the molecule is COC(=O)c1ccccc1CC=C(C)C. The molecule has 0 aliphatic rings. The van der Waals surface area contributed by atoms with Crippen LogP contribution in [-0.4, -0.2) is 13.1 Å². The van der Waals surface area contributed by atoms with E-state index in [9.17, 15) is 4.79 Å². The van der Waals surface area contributed by atoms with Gasteiger partial charge in [0, 0.05) is 0 Å². The molecule has 0 fully saturated rings.